The van der Waals surface area contributed by atoms with Crippen molar-refractivity contribution in [2.45, 2.75) is 12.8 Å². The number of rotatable bonds is 6. The normalized spacial score (nSPS) is 13.7. The number of benzene rings is 1. The number of nitrogens with one attached hydrogen (secondary N) is 1. The minimum atomic E-state index is 0.545. The molecule has 1 saturated heterocycles. The third kappa shape index (κ3) is 3.27. The Kier molecular flexibility index (Phi) is 4.83. The van der Waals surface area contributed by atoms with Crippen LogP contribution in [-0.2, 0) is 0 Å². The third-order valence-electron chi connectivity index (χ3n) is 3.87. The van der Waals surface area contributed by atoms with E-state index in [-0.39, 0.29) is 0 Å². The fourth-order valence-corrected chi connectivity index (χ4v) is 2.71. The molecule has 8 heteroatoms. The summed E-state index contributed by atoms with van der Waals surface area (Å²) in [6, 6.07) is 3.64. The minimum absolute atomic E-state index is 0.545. The summed E-state index contributed by atoms with van der Waals surface area (Å²) in [4.78, 5) is 6.66. The number of nitrogens with zero attached hydrogens (tertiary/aromatic N) is 4. The van der Waals surface area contributed by atoms with Crippen molar-refractivity contribution in [1.29, 1.82) is 0 Å². The van der Waals surface area contributed by atoms with Gasteiger partial charge in [-0.25, -0.2) is 0 Å². The zero-order valence-electron chi connectivity index (χ0n) is 14.1. The highest BCUT2D eigenvalue weighted by Crippen LogP contribution is 2.40. The van der Waals surface area contributed by atoms with Crippen LogP contribution in [0.25, 0.3) is 0 Å². The fraction of sp³-hybridized carbons (Fsp3) is 0.438. The van der Waals surface area contributed by atoms with Crippen LogP contribution in [0, 0.1) is 0 Å². The van der Waals surface area contributed by atoms with E-state index in [1.54, 1.807) is 27.5 Å². The van der Waals surface area contributed by atoms with Gasteiger partial charge in [-0.15, -0.1) is 5.10 Å². The molecular formula is C16H21N5O3. The minimum Gasteiger partial charge on any atom is -0.493 e. The smallest absolute Gasteiger partial charge is 0.247 e. The maximum absolute atomic E-state index is 5.36. The highest BCUT2D eigenvalue weighted by Gasteiger charge is 2.17. The highest BCUT2D eigenvalue weighted by atomic mass is 16.5. The van der Waals surface area contributed by atoms with Crippen molar-refractivity contribution in [3.63, 3.8) is 0 Å². The Morgan fingerprint density at radius 1 is 1.00 bits per heavy atom. The molecule has 2 aromatic rings. The average molecular weight is 331 g/mol. The van der Waals surface area contributed by atoms with E-state index < -0.39 is 0 Å². The lowest BCUT2D eigenvalue weighted by Gasteiger charge is -2.16. The molecule has 3 rings (SSSR count). The fourth-order valence-electron chi connectivity index (χ4n) is 2.71. The van der Waals surface area contributed by atoms with Crippen molar-refractivity contribution < 1.29 is 14.2 Å². The summed E-state index contributed by atoms with van der Waals surface area (Å²) < 4.78 is 16.0. The van der Waals surface area contributed by atoms with Crippen LogP contribution >= 0.6 is 0 Å². The van der Waals surface area contributed by atoms with Gasteiger partial charge in [0, 0.05) is 30.9 Å². The molecule has 1 aromatic carbocycles. The van der Waals surface area contributed by atoms with Gasteiger partial charge in [0.15, 0.2) is 17.3 Å². The largest absolute Gasteiger partial charge is 0.493 e. The predicted molar refractivity (Wildman–Crippen MR) is 90.7 cm³/mol. The van der Waals surface area contributed by atoms with Gasteiger partial charge in [-0.05, 0) is 12.8 Å². The van der Waals surface area contributed by atoms with Crippen LogP contribution in [0.1, 0.15) is 12.8 Å². The van der Waals surface area contributed by atoms with Crippen molar-refractivity contribution in [2.24, 2.45) is 0 Å². The Labute approximate surface area is 140 Å². The number of ether oxygens (including phenoxy) is 3. The summed E-state index contributed by atoms with van der Waals surface area (Å²) >= 11 is 0. The van der Waals surface area contributed by atoms with Crippen LogP contribution in [0.5, 0.6) is 17.2 Å². The Balaban J connectivity index is 1.86. The molecule has 128 valence electrons. The van der Waals surface area contributed by atoms with E-state index in [4.69, 9.17) is 14.2 Å². The molecule has 2 heterocycles. The lowest BCUT2D eigenvalue weighted by atomic mass is 10.2. The Morgan fingerprint density at radius 2 is 1.67 bits per heavy atom. The average Bonchev–Trinajstić information content (AvgIpc) is 3.15. The molecule has 0 radical (unpaired) electrons. The standard InChI is InChI=1S/C16H21N5O3/c1-22-12-8-11(9-13(23-2)15(12)24-3)18-14-10-17-20-16(19-14)21-6-4-5-7-21/h8-10H,4-7H2,1-3H3,(H,18,19,20). The van der Waals surface area contributed by atoms with Gasteiger partial charge in [0.2, 0.25) is 11.7 Å². The van der Waals surface area contributed by atoms with Crippen LogP contribution in [0.3, 0.4) is 0 Å². The molecular weight excluding hydrogens is 310 g/mol. The molecule has 1 aromatic heterocycles. The molecule has 0 unspecified atom stereocenters. The second-order valence-electron chi connectivity index (χ2n) is 5.37. The van der Waals surface area contributed by atoms with E-state index in [9.17, 15) is 0 Å². The van der Waals surface area contributed by atoms with Crippen LogP contribution in [0.4, 0.5) is 17.5 Å². The third-order valence-corrected chi connectivity index (χ3v) is 3.87. The first kappa shape index (κ1) is 16.1. The molecule has 0 amide bonds. The molecule has 0 atom stereocenters. The van der Waals surface area contributed by atoms with Crippen LogP contribution in [0.2, 0.25) is 0 Å². The summed E-state index contributed by atoms with van der Waals surface area (Å²) in [5.74, 6) is 2.94. The van der Waals surface area contributed by atoms with E-state index in [2.05, 4.69) is 25.4 Å². The second kappa shape index (κ2) is 7.20. The van der Waals surface area contributed by atoms with Crippen molar-refractivity contribution in [2.75, 3.05) is 44.6 Å². The lowest BCUT2D eigenvalue weighted by Crippen LogP contribution is -2.21. The van der Waals surface area contributed by atoms with Crippen LogP contribution in [0.15, 0.2) is 18.3 Å². The predicted octanol–water partition coefficient (Wildman–Crippen LogP) is 2.24. The first-order chi connectivity index (χ1) is 11.7. The first-order valence-electron chi connectivity index (χ1n) is 7.77. The monoisotopic (exact) mass is 331 g/mol. The zero-order chi connectivity index (χ0) is 16.9. The van der Waals surface area contributed by atoms with Gasteiger partial charge >= 0.3 is 0 Å². The lowest BCUT2D eigenvalue weighted by molar-refractivity contribution is 0.324. The molecule has 0 bridgehead atoms. The molecule has 1 fully saturated rings. The number of aromatic nitrogens is 3. The van der Waals surface area contributed by atoms with Crippen molar-refractivity contribution in [1.82, 2.24) is 15.2 Å². The number of hydrogen-bond acceptors (Lipinski definition) is 8. The summed E-state index contributed by atoms with van der Waals surface area (Å²) in [5.41, 5.74) is 0.761. The van der Waals surface area contributed by atoms with Crippen molar-refractivity contribution in [3.05, 3.63) is 18.3 Å². The number of anilines is 3. The van der Waals surface area contributed by atoms with E-state index in [0.717, 1.165) is 31.6 Å². The maximum atomic E-state index is 5.36. The summed E-state index contributed by atoms with van der Waals surface area (Å²) in [5, 5.41) is 11.4. The van der Waals surface area contributed by atoms with Crippen molar-refractivity contribution >= 4 is 17.5 Å². The molecule has 8 nitrogen and oxygen atoms in total. The van der Waals surface area contributed by atoms with Gasteiger partial charge in [0.25, 0.3) is 0 Å². The Bertz CT molecular complexity index is 679. The molecule has 0 spiro atoms. The van der Waals surface area contributed by atoms with E-state index >= 15 is 0 Å². The molecule has 1 aliphatic rings. The molecule has 0 saturated carbocycles. The highest BCUT2D eigenvalue weighted by molar-refractivity contribution is 5.66. The topological polar surface area (TPSA) is 81.6 Å². The van der Waals surface area contributed by atoms with Crippen LogP contribution < -0.4 is 24.4 Å². The van der Waals surface area contributed by atoms with Gasteiger partial charge in [-0.2, -0.15) is 10.1 Å². The molecule has 24 heavy (non-hydrogen) atoms. The van der Waals surface area contributed by atoms with Crippen LogP contribution in [-0.4, -0.2) is 49.6 Å². The molecule has 1 N–H and O–H groups in total. The van der Waals surface area contributed by atoms with Gasteiger partial charge in [-0.3, -0.25) is 0 Å². The summed E-state index contributed by atoms with van der Waals surface area (Å²) in [7, 11) is 4.74. The van der Waals surface area contributed by atoms with Gasteiger partial charge in [0.05, 0.1) is 27.5 Å². The van der Waals surface area contributed by atoms with Gasteiger partial charge in [0.1, 0.15) is 0 Å². The quantitative estimate of drug-likeness (QED) is 0.863. The summed E-state index contributed by atoms with van der Waals surface area (Å²) in [6.07, 6.45) is 3.91. The maximum Gasteiger partial charge on any atom is 0.247 e. The second-order valence-corrected chi connectivity index (χ2v) is 5.37. The number of hydrogen-bond donors (Lipinski definition) is 1. The van der Waals surface area contributed by atoms with Gasteiger partial charge < -0.3 is 24.4 Å². The van der Waals surface area contributed by atoms with E-state index in [1.807, 2.05) is 12.1 Å². The first-order valence-corrected chi connectivity index (χ1v) is 7.77. The zero-order valence-corrected chi connectivity index (χ0v) is 14.1. The number of methoxy groups -OCH3 is 3. The Hall–Kier alpha value is -2.77. The van der Waals surface area contributed by atoms with Crippen molar-refractivity contribution in [3.8, 4) is 17.2 Å². The molecule has 0 aliphatic carbocycles. The SMILES string of the molecule is COc1cc(Nc2cnnc(N3CCCC3)n2)cc(OC)c1OC. The Morgan fingerprint density at radius 3 is 2.25 bits per heavy atom. The summed E-state index contributed by atoms with van der Waals surface area (Å²) in [6.45, 7) is 1.94. The van der Waals surface area contributed by atoms with E-state index in [0.29, 0.717) is 29.0 Å². The van der Waals surface area contributed by atoms with Gasteiger partial charge in [-0.1, -0.05) is 0 Å². The van der Waals surface area contributed by atoms with E-state index in [1.165, 1.54) is 0 Å². The molecule has 1 aliphatic heterocycles.